The Hall–Kier alpha value is -3.18. The number of likely N-dealkylation sites (tertiary alicyclic amines) is 1. The average Bonchev–Trinajstić information content (AvgIpc) is 2.90. The van der Waals surface area contributed by atoms with Crippen LogP contribution in [0, 0.1) is 5.92 Å². The Bertz CT molecular complexity index is 1090. The first-order valence-corrected chi connectivity index (χ1v) is 12.3. The van der Waals surface area contributed by atoms with Crippen molar-refractivity contribution < 1.29 is 14.3 Å². The Morgan fingerprint density at radius 3 is 2.38 bits per heavy atom. The SMILES string of the molecule is COCCN(CCCc1ccccc1)C(=O)C1CCN(C(=O)c2cccc3ccccc23)CC1. The molecule has 3 aromatic carbocycles. The highest BCUT2D eigenvalue weighted by molar-refractivity contribution is 6.07. The van der Waals surface area contributed by atoms with E-state index < -0.39 is 0 Å². The van der Waals surface area contributed by atoms with Crippen molar-refractivity contribution in [3.05, 3.63) is 83.9 Å². The van der Waals surface area contributed by atoms with Crippen molar-refractivity contribution in [1.82, 2.24) is 9.80 Å². The Balaban J connectivity index is 1.34. The highest BCUT2D eigenvalue weighted by Crippen LogP contribution is 2.25. The summed E-state index contributed by atoms with van der Waals surface area (Å²) in [5.74, 6) is 0.217. The first kappa shape index (κ1) is 24.0. The number of hydrogen-bond acceptors (Lipinski definition) is 3. The fraction of sp³-hybridized carbons (Fsp3) is 0.379. The van der Waals surface area contributed by atoms with Gasteiger partial charge in [0.15, 0.2) is 0 Å². The molecule has 5 heteroatoms. The van der Waals surface area contributed by atoms with E-state index in [9.17, 15) is 9.59 Å². The zero-order chi connectivity index (χ0) is 23.8. The van der Waals surface area contributed by atoms with Crippen LogP contribution in [0.2, 0.25) is 0 Å². The summed E-state index contributed by atoms with van der Waals surface area (Å²) < 4.78 is 5.26. The number of nitrogens with zero attached hydrogens (tertiary/aromatic N) is 2. The van der Waals surface area contributed by atoms with Crippen LogP contribution in [0.1, 0.15) is 35.2 Å². The Morgan fingerprint density at radius 2 is 1.62 bits per heavy atom. The maximum absolute atomic E-state index is 13.3. The molecule has 1 saturated heterocycles. The highest BCUT2D eigenvalue weighted by Gasteiger charge is 2.30. The third-order valence-corrected chi connectivity index (χ3v) is 6.76. The predicted molar refractivity (Wildman–Crippen MR) is 136 cm³/mol. The molecule has 1 aliphatic rings. The number of piperidine rings is 1. The number of carbonyl (C=O) groups is 2. The largest absolute Gasteiger partial charge is 0.383 e. The summed E-state index contributed by atoms with van der Waals surface area (Å²) >= 11 is 0. The lowest BCUT2D eigenvalue weighted by Gasteiger charge is -2.34. The maximum atomic E-state index is 13.3. The minimum atomic E-state index is -0.0369. The average molecular weight is 459 g/mol. The molecule has 34 heavy (non-hydrogen) atoms. The fourth-order valence-corrected chi connectivity index (χ4v) is 4.82. The molecule has 178 valence electrons. The first-order valence-electron chi connectivity index (χ1n) is 12.3. The van der Waals surface area contributed by atoms with E-state index >= 15 is 0 Å². The van der Waals surface area contributed by atoms with Crippen LogP contribution in [0.4, 0.5) is 0 Å². The first-order chi connectivity index (χ1) is 16.7. The van der Waals surface area contributed by atoms with Gasteiger partial charge in [-0.25, -0.2) is 0 Å². The summed E-state index contributed by atoms with van der Waals surface area (Å²) in [5.41, 5.74) is 2.03. The predicted octanol–water partition coefficient (Wildman–Crippen LogP) is 4.80. The third kappa shape index (κ3) is 5.84. The lowest BCUT2D eigenvalue weighted by molar-refractivity contribution is -0.137. The van der Waals surface area contributed by atoms with E-state index in [1.165, 1.54) is 5.56 Å². The van der Waals surface area contributed by atoms with E-state index in [2.05, 4.69) is 24.3 Å². The Kier molecular flexibility index (Phi) is 8.31. The number of methoxy groups -OCH3 is 1. The second kappa shape index (κ2) is 11.8. The van der Waals surface area contributed by atoms with Crippen LogP contribution < -0.4 is 0 Å². The number of ether oxygens (including phenoxy) is 1. The smallest absolute Gasteiger partial charge is 0.254 e. The van der Waals surface area contributed by atoms with Crippen molar-refractivity contribution >= 4 is 22.6 Å². The van der Waals surface area contributed by atoms with Gasteiger partial charge >= 0.3 is 0 Å². The van der Waals surface area contributed by atoms with E-state index in [1.54, 1.807) is 7.11 Å². The summed E-state index contributed by atoms with van der Waals surface area (Å²) in [6.45, 7) is 3.10. The summed E-state index contributed by atoms with van der Waals surface area (Å²) in [7, 11) is 1.67. The standard InChI is InChI=1S/C29H34N2O3/c1-34-22-21-30(18-8-11-23-9-3-2-4-10-23)28(32)25-16-19-31(20-17-25)29(33)27-15-7-13-24-12-5-6-14-26(24)27/h2-7,9-10,12-15,25H,8,11,16-22H2,1H3. The van der Waals surface area contributed by atoms with E-state index in [1.807, 2.05) is 58.3 Å². The molecule has 1 aliphatic heterocycles. The number of amides is 2. The van der Waals surface area contributed by atoms with Gasteiger partial charge in [-0.15, -0.1) is 0 Å². The molecule has 0 spiro atoms. The molecule has 1 fully saturated rings. The van der Waals surface area contributed by atoms with Crippen LogP contribution in [0.3, 0.4) is 0 Å². The molecule has 0 atom stereocenters. The van der Waals surface area contributed by atoms with Crippen molar-refractivity contribution in [1.29, 1.82) is 0 Å². The minimum Gasteiger partial charge on any atom is -0.383 e. The van der Waals surface area contributed by atoms with Crippen LogP contribution in [0.5, 0.6) is 0 Å². The fourth-order valence-electron chi connectivity index (χ4n) is 4.82. The van der Waals surface area contributed by atoms with Gasteiger partial charge in [0.1, 0.15) is 0 Å². The zero-order valence-corrected chi connectivity index (χ0v) is 20.0. The van der Waals surface area contributed by atoms with Gasteiger partial charge in [0, 0.05) is 44.8 Å². The van der Waals surface area contributed by atoms with E-state index in [-0.39, 0.29) is 17.7 Å². The molecule has 0 radical (unpaired) electrons. The van der Waals surface area contributed by atoms with Gasteiger partial charge in [0.25, 0.3) is 5.91 Å². The Labute approximate surface area is 202 Å². The van der Waals surface area contributed by atoms with E-state index in [4.69, 9.17) is 4.74 Å². The van der Waals surface area contributed by atoms with Crippen molar-refractivity contribution in [3.63, 3.8) is 0 Å². The molecule has 0 bridgehead atoms. The number of rotatable bonds is 9. The minimum absolute atomic E-state index is 0.0369. The van der Waals surface area contributed by atoms with Crippen LogP contribution in [0.15, 0.2) is 72.8 Å². The normalized spacial score (nSPS) is 14.3. The van der Waals surface area contributed by atoms with E-state index in [0.29, 0.717) is 39.1 Å². The van der Waals surface area contributed by atoms with Crippen molar-refractivity contribution in [2.75, 3.05) is 39.9 Å². The lowest BCUT2D eigenvalue weighted by atomic mass is 9.94. The van der Waals surface area contributed by atoms with E-state index in [0.717, 1.165) is 35.7 Å². The van der Waals surface area contributed by atoms with Crippen LogP contribution in [-0.2, 0) is 16.0 Å². The van der Waals surface area contributed by atoms with Crippen LogP contribution in [0.25, 0.3) is 10.8 Å². The van der Waals surface area contributed by atoms with Gasteiger partial charge in [-0.3, -0.25) is 9.59 Å². The van der Waals surface area contributed by atoms with Gasteiger partial charge in [0.2, 0.25) is 5.91 Å². The van der Waals surface area contributed by atoms with Crippen molar-refractivity contribution in [2.45, 2.75) is 25.7 Å². The Morgan fingerprint density at radius 1 is 0.912 bits per heavy atom. The summed E-state index contributed by atoms with van der Waals surface area (Å²) in [6, 6.07) is 24.3. The topological polar surface area (TPSA) is 49.9 Å². The van der Waals surface area contributed by atoms with Crippen LogP contribution in [-0.4, -0.2) is 61.5 Å². The van der Waals surface area contributed by atoms with Crippen molar-refractivity contribution in [3.8, 4) is 0 Å². The number of fused-ring (bicyclic) bond motifs is 1. The third-order valence-electron chi connectivity index (χ3n) is 6.76. The molecule has 4 rings (SSSR count). The molecule has 5 nitrogen and oxygen atoms in total. The number of benzene rings is 3. The van der Waals surface area contributed by atoms with Gasteiger partial charge in [-0.1, -0.05) is 66.7 Å². The van der Waals surface area contributed by atoms with Gasteiger partial charge in [0.05, 0.1) is 6.61 Å². The quantitative estimate of drug-likeness (QED) is 0.463. The number of aryl methyl sites for hydroxylation is 1. The van der Waals surface area contributed by atoms with Gasteiger partial charge in [-0.2, -0.15) is 0 Å². The molecule has 0 aliphatic carbocycles. The molecule has 0 aromatic heterocycles. The molecule has 0 N–H and O–H groups in total. The highest BCUT2D eigenvalue weighted by atomic mass is 16.5. The maximum Gasteiger partial charge on any atom is 0.254 e. The second-order valence-corrected chi connectivity index (χ2v) is 9.00. The molecule has 0 saturated carbocycles. The second-order valence-electron chi connectivity index (χ2n) is 9.00. The lowest BCUT2D eigenvalue weighted by Crippen LogP contribution is -2.45. The molecular weight excluding hydrogens is 424 g/mol. The van der Waals surface area contributed by atoms with Crippen molar-refractivity contribution in [2.24, 2.45) is 5.92 Å². The molecular formula is C29H34N2O3. The molecule has 3 aromatic rings. The number of hydrogen-bond donors (Lipinski definition) is 0. The van der Waals surface area contributed by atoms with Gasteiger partial charge in [-0.05, 0) is 48.1 Å². The molecule has 1 heterocycles. The number of carbonyl (C=O) groups excluding carboxylic acids is 2. The summed E-state index contributed by atoms with van der Waals surface area (Å²) in [6.07, 6.45) is 3.29. The summed E-state index contributed by atoms with van der Waals surface area (Å²) in [5, 5.41) is 2.06. The molecule has 0 unspecified atom stereocenters. The zero-order valence-electron chi connectivity index (χ0n) is 20.0. The van der Waals surface area contributed by atoms with Gasteiger partial charge < -0.3 is 14.5 Å². The summed E-state index contributed by atoms with van der Waals surface area (Å²) in [4.78, 5) is 30.5. The molecule has 2 amide bonds. The van der Waals surface area contributed by atoms with Crippen LogP contribution >= 0.6 is 0 Å². The monoisotopic (exact) mass is 458 g/mol.